The number of rotatable bonds is 4. The molecule has 0 aliphatic carbocycles. The summed E-state index contributed by atoms with van der Waals surface area (Å²) in [7, 11) is 3.49. The van der Waals surface area contributed by atoms with E-state index in [9.17, 15) is 9.59 Å². The van der Waals surface area contributed by atoms with Gasteiger partial charge in [-0.25, -0.2) is 9.78 Å². The maximum absolute atomic E-state index is 12.2. The molecule has 8 nitrogen and oxygen atoms in total. The van der Waals surface area contributed by atoms with Gasteiger partial charge >= 0.3 is 6.09 Å². The van der Waals surface area contributed by atoms with Crippen molar-refractivity contribution in [1.29, 1.82) is 0 Å². The molecule has 0 saturated carbocycles. The van der Waals surface area contributed by atoms with Crippen LogP contribution in [0.1, 0.15) is 44.0 Å². The number of fused-ring (bicyclic) bond motifs is 1. The predicted octanol–water partition coefficient (Wildman–Crippen LogP) is 4.51. The molecule has 1 fully saturated rings. The Labute approximate surface area is 200 Å². The lowest BCUT2D eigenvalue weighted by molar-refractivity contribution is 0.0126. The van der Waals surface area contributed by atoms with Gasteiger partial charge in [0.2, 0.25) is 0 Å². The minimum atomic E-state index is -0.491. The van der Waals surface area contributed by atoms with Gasteiger partial charge in [0.25, 0.3) is 5.91 Å². The highest BCUT2D eigenvalue weighted by molar-refractivity contribution is 5.98. The van der Waals surface area contributed by atoms with E-state index in [0.717, 1.165) is 29.6 Å². The van der Waals surface area contributed by atoms with Gasteiger partial charge < -0.3 is 23.8 Å². The van der Waals surface area contributed by atoms with Gasteiger partial charge in [0.15, 0.2) is 0 Å². The zero-order valence-corrected chi connectivity index (χ0v) is 20.4. The van der Waals surface area contributed by atoms with Gasteiger partial charge in [-0.3, -0.25) is 4.79 Å². The number of nitrogens with zero attached hydrogens (tertiary/aromatic N) is 4. The van der Waals surface area contributed by atoms with Crippen LogP contribution >= 0.6 is 0 Å². The molecule has 0 bridgehead atoms. The molecule has 0 atom stereocenters. The normalized spacial score (nSPS) is 14.8. The van der Waals surface area contributed by atoms with Gasteiger partial charge in [-0.15, -0.1) is 0 Å². The van der Waals surface area contributed by atoms with E-state index in [4.69, 9.17) is 9.47 Å². The molecule has 2 aromatic heterocycles. The summed E-state index contributed by atoms with van der Waals surface area (Å²) in [6.45, 7) is 6.84. The molecule has 1 aromatic carbocycles. The minimum absolute atomic E-state index is 0.0220. The Kier molecular flexibility index (Phi) is 6.50. The highest BCUT2D eigenvalue weighted by atomic mass is 16.6. The third-order valence-corrected chi connectivity index (χ3v) is 5.71. The molecule has 3 aromatic rings. The van der Waals surface area contributed by atoms with Crippen LogP contribution in [0, 0.1) is 0 Å². The summed E-state index contributed by atoms with van der Waals surface area (Å²) in [5.41, 5.74) is 1.14. The lowest BCUT2D eigenvalue weighted by Crippen LogP contribution is -2.44. The SMILES string of the molecule is CN(C)C(=O)c1ccc2c(ccn2-c2ccc(OC3CCN(C(=O)OC(C)(C)C)CC3)cn2)c1. The number of amides is 2. The van der Waals surface area contributed by atoms with Crippen LogP contribution in [-0.4, -0.2) is 70.2 Å². The van der Waals surface area contributed by atoms with E-state index in [2.05, 4.69) is 4.98 Å². The maximum Gasteiger partial charge on any atom is 0.410 e. The summed E-state index contributed by atoms with van der Waals surface area (Å²) in [6, 6.07) is 11.5. The Morgan fingerprint density at radius 3 is 2.41 bits per heavy atom. The lowest BCUT2D eigenvalue weighted by Gasteiger charge is -2.33. The van der Waals surface area contributed by atoms with Gasteiger partial charge in [0.1, 0.15) is 23.3 Å². The molecule has 4 rings (SSSR count). The van der Waals surface area contributed by atoms with Crippen LogP contribution in [0.2, 0.25) is 0 Å². The fourth-order valence-corrected chi connectivity index (χ4v) is 3.99. The maximum atomic E-state index is 12.2. The number of carbonyl (C=O) groups is 2. The van der Waals surface area contributed by atoms with Gasteiger partial charge in [-0.1, -0.05) is 0 Å². The van der Waals surface area contributed by atoms with E-state index >= 15 is 0 Å². The third-order valence-electron chi connectivity index (χ3n) is 5.71. The fraction of sp³-hybridized carbons (Fsp3) is 0.423. The summed E-state index contributed by atoms with van der Waals surface area (Å²) >= 11 is 0. The largest absolute Gasteiger partial charge is 0.489 e. The zero-order chi connectivity index (χ0) is 24.5. The first-order valence-corrected chi connectivity index (χ1v) is 11.5. The number of piperidine rings is 1. The van der Waals surface area contributed by atoms with E-state index < -0.39 is 5.60 Å². The molecule has 1 saturated heterocycles. The number of benzene rings is 1. The standard InChI is InChI=1S/C26H32N4O4/c1-26(2,3)34-25(32)29-13-11-20(12-14-29)33-21-7-9-23(27-17-21)30-15-10-18-16-19(6-8-22(18)30)24(31)28(4)5/h6-10,15-17,20H,11-14H2,1-5H3. The molecule has 180 valence electrons. The molecule has 8 heteroatoms. The number of aromatic nitrogens is 2. The number of pyridine rings is 1. The molecule has 3 heterocycles. The molecule has 1 aliphatic rings. The zero-order valence-electron chi connectivity index (χ0n) is 20.4. The number of ether oxygens (including phenoxy) is 2. The van der Waals surface area contributed by atoms with Crippen LogP contribution in [0.3, 0.4) is 0 Å². The average Bonchev–Trinajstić information content (AvgIpc) is 3.21. The molecule has 0 spiro atoms. The number of likely N-dealkylation sites (tertiary alicyclic amines) is 1. The first-order chi connectivity index (χ1) is 16.1. The molecule has 0 N–H and O–H groups in total. The summed E-state index contributed by atoms with van der Waals surface area (Å²) in [4.78, 5) is 32.4. The van der Waals surface area contributed by atoms with Crippen LogP contribution in [-0.2, 0) is 4.74 Å². The van der Waals surface area contributed by atoms with Gasteiger partial charge in [-0.05, 0) is 57.2 Å². The predicted molar refractivity (Wildman–Crippen MR) is 131 cm³/mol. The van der Waals surface area contributed by atoms with Gasteiger partial charge in [-0.2, -0.15) is 0 Å². The molecule has 34 heavy (non-hydrogen) atoms. The fourth-order valence-electron chi connectivity index (χ4n) is 3.99. The molecule has 1 aliphatic heterocycles. The number of hydrogen-bond donors (Lipinski definition) is 0. The molecular weight excluding hydrogens is 432 g/mol. The van der Waals surface area contributed by atoms with E-state index in [1.165, 1.54) is 0 Å². The summed E-state index contributed by atoms with van der Waals surface area (Å²) < 4.78 is 13.6. The van der Waals surface area contributed by atoms with E-state index in [-0.39, 0.29) is 18.1 Å². The lowest BCUT2D eigenvalue weighted by atomic mass is 10.1. The van der Waals surface area contributed by atoms with E-state index in [1.54, 1.807) is 30.1 Å². The van der Waals surface area contributed by atoms with Crippen molar-refractivity contribution in [3.8, 4) is 11.6 Å². The van der Waals surface area contributed by atoms with E-state index in [1.807, 2.05) is 67.9 Å². The molecular formula is C26H32N4O4. The quantitative estimate of drug-likeness (QED) is 0.568. The molecule has 2 amide bonds. The van der Waals surface area contributed by atoms with Crippen molar-refractivity contribution < 1.29 is 19.1 Å². The molecule has 0 unspecified atom stereocenters. The Bertz CT molecular complexity index is 1170. The smallest absolute Gasteiger partial charge is 0.410 e. The third kappa shape index (κ3) is 5.32. The van der Waals surface area contributed by atoms with Crippen molar-refractivity contribution in [3.05, 3.63) is 54.4 Å². The van der Waals surface area contributed by atoms with Crippen LogP contribution in [0.4, 0.5) is 4.79 Å². The van der Waals surface area contributed by atoms with E-state index in [0.29, 0.717) is 24.4 Å². The second kappa shape index (κ2) is 9.37. The Balaban J connectivity index is 1.38. The minimum Gasteiger partial charge on any atom is -0.489 e. The average molecular weight is 465 g/mol. The van der Waals surface area contributed by atoms with Gasteiger partial charge in [0.05, 0.1) is 11.7 Å². The van der Waals surface area contributed by atoms with Crippen molar-refractivity contribution in [2.75, 3.05) is 27.2 Å². The van der Waals surface area contributed by atoms with Gasteiger partial charge in [0, 0.05) is 57.2 Å². The van der Waals surface area contributed by atoms with Crippen LogP contribution in [0.15, 0.2) is 48.8 Å². The summed E-state index contributed by atoms with van der Waals surface area (Å²) in [5, 5.41) is 0.978. The number of hydrogen-bond acceptors (Lipinski definition) is 5. The van der Waals surface area contributed by atoms with Crippen molar-refractivity contribution in [1.82, 2.24) is 19.4 Å². The summed E-state index contributed by atoms with van der Waals surface area (Å²) in [6.07, 6.45) is 4.93. The highest BCUT2D eigenvalue weighted by Crippen LogP contribution is 2.24. The first-order valence-electron chi connectivity index (χ1n) is 11.5. The highest BCUT2D eigenvalue weighted by Gasteiger charge is 2.27. The second-order valence-corrected chi connectivity index (χ2v) is 9.80. The second-order valence-electron chi connectivity index (χ2n) is 9.80. The molecule has 0 radical (unpaired) electrons. The van der Waals surface area contributed by atoms with Crippen LogP contribution in [0.5, 0.6) is 5.75 Å². The van der Waals surface area contributed by atoms with Crippen molar-refractivity contribution in [3.63, 3.8) is 0 Å². The Morgan fingerprint density at radius 1 is 1.06 bits per heavy atom. The van der Waals surface area contributed by atoms with Crippen LogP contribution < -0.4 is 4.74 Å². The van der Waals surface area contributed by atoms with Crippen molar-refractivity contribution in [2.24, 2.45) is 0 Å². The van der Waals surface area contributed by atoms with Crippen LogP contribution in [0.25, 0.3) is 16.7 Å². The monoisotopic (exact) mass is 464 g/mol. The Morgan fingerprint density at radius 2 is 1.79 bits per heavy atom. The summed E-state index contributed by atoms with van der Waals surface area (Å²) in [5.74, 6) is 1.45. The van der Waals surface area contributed by atoms with Crippen molar-refractivity contribution in [2.45, 2.75) is 45.3 Å². The van der Waals surface area contributed by atoms with Crippen molar-refractivity contribution >= 4 is 22.9 Å². The first kappa shape index (κ1) is 23.6. The number of carbonyl (C=O) groups excluding carboxylic acids is 2. The Hall–Kier alpha value is -3.55. The topological polar surface area (TPSA) is 76.9 Å².